The van der Waals surface area contributed by atoms with Gasteiger partial charge >= 0.3 is 0 Å². The Balaban J connectivity index is 1.45. The number of nitrogens with zero attached hydrogens (tertiary/aromatic N) is 2. The Morgan fingerprint density at radius 3 is 2.46 bits per heavy atom. The second-order valence-electron chi connectivity index (χ2n) is 6.48. The first-order valence-corrected chi connectivity index (χ1v) is 8.85. The van der Waals surface area contributed by atoms with Crippen molar-refractivity contribution in [3.05, 3.63) is 72.3 Å². The van der Waals surface area contributed by atoms with Gasteiger partial charge in [0.25, 0.3) is 5.91 Å². The average molecular weight is 344 g/mol. The van der Waals surface area contributed by atoms with E-state index in [9.17, 15) is 4.79 Å². The number of rotatable bonds is 5. The van der Waals surface area contributed by atoms with Crippen molar-refractivity contribution in [2.24, 2.45) is 0 Å². The van der Waals surface area contributed by atoms with Gasteiger partial charge in [0, 0.05) is 22.9 Å². The summed E-state index contributed by atoms with van der Waals surface area (Å²) in [7, 11) is 0. The Kier molecular flexibility index (Phi) is 4.60. The highest BCUT2D eigenvalue weighted by molar-refractivity contribution is 5.95. The Labute approximate surface area is 152 Å². The smallest absolute Gasteiger partial charge is 0.251 e. The topological polar surface area (TPSA) is 66.9 Å². The zero-order chi connectivity index (χ0) is 17.8. The van der Waals surface area contributed by atoms with Crippen molar-refractivity contribution < 1.29 is 4.79 Å². The number of amides is 1. The van der Waals surface area contributed by atoms with Crippen LogP contribution in [0.1, 0.15) is 29.6 Å². The van der Waals surface area contributed by atoms with E-state index in [1.165, 1.54) is 6.42 Å². The molecule has 0 aliphatic heterocycles. The quantitative estimate of drug-likeness (QED) is 0.729. The van der Waals surface area contributed by atoms with Gasteiger partial charge in [0.1, 0.15) is 0 Å². The fraction of sp³-hybridized carbons (Fsp3) is 0.190. The molecule has 0 unspecified atom stereocenters. The van der Waals surface area contributed by atoms with Gasteiger partial charge < -0.3 is 10.6 Å². The molecule has 3 aromatic rings. The molecule has 2 N–H and O–H groups in total. The minimum Gasteiger partial charge on any atom is -0.349 e. The van der Waals surface area contributed by atoms with Crippen molar-refractivity contribution in [3.8, 4) is 11.3 Å². The molecule has 0 spiro atoms. The van der Waals surface area contributed by atoms with Crippen LogP contribution in [0.3, 0.4) is 0 Å². The van der Waals surface area contributed by atoms with Gasteiger partial charge in [-0.25, -0.2) is 0 Å². The standard InChI is InChI=1S/C21H20N4O/c26-21(23-17-9-5-10-17)16-8-4-11-18(14-16)22-20-13-12-19(24-25-20)15-6-2-1-3-7-15/h1-4,6-8,11-14,17H,5,9-10H2,(H,22,25)(H,23,26). The molecule has 1 fully saturated rings. The third-order valence-electron chi connectivity index (χ3n) is 4.57. The van der Waals surface area contributed by atoms with Crippen LogP contribution in [0.4, 0.5) is 11.5 Å². The molecule has 1 aromatic heterocycles. The third-order valence-corrected chi connectivity index (χ3v) is 4.57. The zero-order valence-electron chi connectivity index (χ0n) is 14.4. The number of anilines is 2. The molecular weight excluding hydrogens is 324 g/mol. The monoisotopic (exact) mass is 344 g/mol. The Hall–Kier alpha value is -3.21. The number of nitrogens with one attached hydrogen (secondary N) is 2. The molecule has 2 aromatic carbocycles. The molecule has 1 aliphatic carbocycles. The van der Waals surface area contributed by atoms with Crippen LogP contribution in [-0.4, -0.2) is 22.1 Å². The van der Waals surface area contributed by atoms with Crippen molar-refractivity contribution in [1.82, 2.24) is 15.5 Å². The first kappa shape index (κ1) is 16.3. The van der Waals surface area contributed by atoms with E-state index in [1.807, 2.05) is 66.7 Å². The number of aromatic nitrogens is 2. The van der Waals surface area contributed by atoms with Gasteiger partial charge in [-0.2, -0.15) is 0 Å². The molecule has 5 nitrogen and oxygen atoms in total. The van der Waals surface area contributed by atoms with Crippen LogP contribution in [0.25, 0.3) is 11.3 Å². The number of hydrogen-bond donors (Lipinski definition) is 2. The summed E-state index contributed by atoms with van der Waals surface area (Å²) in [6.45, 7) is 0. The number of hydrogen-bond acceptors (Lipinski definition) is 4. The van der Waals surface area contributed by atoms with Crippen LogP contribution in [-0.2, 0) is 0 Å². The lowest BCUT2D eigenvalue weighted by atomic mass is 9.93. The Bertz CT molecular complexity index is 889. The van der Waals surface area contributed by atoms with Crippen LogP contribution < -0.4 is 10.6 Å². The van der Waals surface area contributed by atoms with Crippen molar-refractivity contribution in [1.29, 1.82) is 0 Å². The number of carbonyl (C=O) groups is 1. The van der Waals surface area contributed by atoms with Gasteiger partial charge in [0.2, 0.25) is 0 Å². The molecule has 1 amide bonds. The Morgan fingerprint density at radius 1 is 0.923 bits per heavy atom. The van der Waals surface area contributed by atoms with Crippen molar-refractivity contribution in [3.63, 3.8) is 0 Å². The maximum Gasteiger partial charge on any atom is 0.251 e. The molecule has 0 atom stereocenters. The van der Waals surface area contributed by atoms with Crippen LogP contribution in [0.5, 0.6) is 0 Å². The summed E-state index contributed by atoms with van der Waals surface area (Å²) in [4.78, 5) is 12.3. The van der Waals surface area contributed by atoms with Crippen LogP contribution in [0.15, 0.2) is 66.7 Å². The first-order chi connectivity index (χ1) is 12.8. The SMILES string of the molecule is O=C(NC1CCC1)c1cccc(Nc2ccc(-c3ccccc3)nn2)c1. The maximum absolute atomic E-state index is 12.3. The molecular formula is C21H20N4O. The number of carbonyl (C=O) groups excluding carboxylic acids is 1. The molecule has 0 radical (unpaired) electrons. The van der Waals surface area contributed by atoms with Gasteiger partial charge in [-0.3, -0.25) is 4.79 Å². The van der Waals surface area contributed by atoms with E-state index in [0.717, 1.165) is 29.8 Å². The largest absolute Gasteiger partial charge is 0.349 e. The van der Waals surface area contributed by atoms with Gasteiger partial charge in [-0.15, -0.1) is 10.2 Å². The highest BCUT2D eigenvalue weighted by atomic mass is 16.1. The summed E-state index contributed by atoms with van der Waals surface area (Å²) in [6.07, 6.45) is 3.35. The zero-order valence-corrected chi connectivity index (χ0v) is 14.4. The van der Waals surface area contributed by atoms with E-state index in [4.69, 9.17) is 0 Å². The van der Waals surface area contributed by atoms with Crippen molar-refractivity contribution in [2.45, 2.75) is 25.3 Å². The van der Waals surface area contributed by atoms with E-state index >= 15 is 0 Å². The molecule has 26 heavy (non-hydrogen) atoms. The molecule has 130 valence electrons. The normalized spacial score (nSPS) is 13.7. The van der Waals surface area contributed by atoms with Gasteiger partial charge in [-0.05, 0) is 49.6 Å². The second kappa shape index (κ2) is 7.35. The second-order valence-corrected chi connectivity index (χ2v) is 6.48. The van der Waals surface area contributed by atoms with E-state index < -0.39 is 0 Å². The number of benzene rings is 2. The molecule has 1 heterocycles. The Morgan fingerprint density at radius 2 is 1.77 bits per heavy atom. The summed E-state index contributed by atoms with van der Waals surface area (Å²) in [6, 6.07) is 21.5. The average Bonchev–Trinajstić information content (AvgIpc) is 2.66. The van der Waals surface area contributed by atoms with E-state index in [-0.39, 0.29) is 5.91 Å². The van der Waals surface area contributed by atoms with Crippen LogP contribution in [0, 0.1) is 0 Å². The summed E-state index contributed by atoms with van der Waals surface area (Å²) >= 11 is 0. The minimum atomic E-state index is -0.0242. The highest BCUT2D eigenvalue weighted by Gasteiger charge is 2.20. The fourth-order valence-electron chi connectivity index (χ4n) is 2.87. The molecule has 0 bridgehead atoms. The lowest BCUT2D eigenvalue weighted by Gasteiger charge is -2.26. The van der Waals surface area contributed by atoms with Crippen molar-refractivity contribution in [2.75, 3.05) is 5.32 Å². The third kappa shape index (κ3) is 3.72. The summed E-state index contributed by atoms with van der Waals surface area (Å²) < 4.78 is 0. The minimum absolute atomic E-state index is 0.0242. The van der Waals surface area contributed by atoms with Gasteiger partial charge in [-0.1, -0.05) is 36.4 Å². The highest BCUT2D eigenvalue weighted by Crippen LogP contribution is 2.21. The van der Waals surface area contributed by atoms with E-state index in [1.54, 1.807) is 0 Å². The lowest BCUT2D eigenvalue weighted by molar-refractivity contribution is 0.0917. The molecule has 0 saturated heterocycles. The fourth-order valence-corrected chi connectivity index (χ4v) is 2.87. The van der Waals surface area contributed by atoms with Gasteiger partial charge in [0.15, 0.2) is 5.82 Å². The van der Waals surface area contributed by atoms with Gasteiger partial charge in [0.05, 0.1) is 5.69 Å². The molecule has 5 heteroatoms. The lowest BCUT2D eigenvalue weighted by Crippen LogP contribution is -2.39. The summed E-state index contributed by atoms with van der Waals surface area (Å²) in [5, 5.41) is 14.8. The summed E-state index contributed by atoms with van der Waals surface area (Å²) in [5.74, 6) is 0.616. The predicted octanol–water partition coefficient (Wildman–Crippen LogP) is 4.17. The maximum atomic E-state index is 12.3. The molecule has 1 aliphatic rings. The van der Waals surface area contributed by atoms with E-state index in [2.05, 4.69) is 20.8 Å². The van der Waals surface area contributed by atoms with Crippen LogP contribution >= 0.6 is 0 Å². The summed E-state index contributed by atoms with van der Waals surface area (Å²) in [5.41, 5.74) is 3.31. The van der Waals surface area contributed by atoms with Crippen LogP contribution in [0.2, 0.25) is 0 Å². The first-order valence-electron chi connectivity index (χ1n) is 8.85. The van der Waals surface area contributed by atoms with E-state index in [0.29, 0.717) is 17.4 Å². The molecule has 4 rings (SSSR count). The predicted molar refractivity (Wildman–Crippen MR) is 102 cm³/mol. The van der Waals surface area contributed by atoms with Crippen molar-refractivity contribution >= 4 is 17.4 Å². The molecule has 1 saturated carbocycles.